The van der Waals surface area contributed by atoms with E-state index >= 15 is 0 Å². The van der Waals surface area contributed by atoms with E-state index in [2.05, 4.69) is 75.1 Å². The minimum Gasteiger partial charge on any atom is -0.380 e. The molecule has 6 rings (SSSR count). The Morgan fingerprint density at radius 1 is 1.11 bits per heavy atom. The number of ether oxygens (including phenoxy) is 1. The Hall–Kier alpha value is -3.22. The molecule has 1 aromatic heterocycles. The van der Waals surface area contributed by atoms with Gasteiger partial charge in [-0.1, -0.05) is 42.5 Å². The van der Waals surface area contributed by atoms with E-state index in [1.54, 1.807) is 0 Å². The molecule has 3 aliphatic heterocycles. The van der Waals surface area contributed by atoms with Crippen LogP contribution < -0.4 is 10.6 Å². The second-order valence-electron chi connectivity index (χ2n) is 9.80. The number of carbonyl (C=O) groups is 1. The van der Waals surface area contributed by atoms with Gasteiger partial charge < -0.3 is 15.4 Å². The van der Waals surface area contributed by atoms with Crippen LogP contribution in [0.25, 0.3) is 22.9 Å². The summed E-state index contributed by atoms with van der Waals surface area (Å²) >= 11 is 0. The van der Waals surface area contributed by atoms with Gasteiger partial charge in [0.15, 0.2) is 0 Å². The predicted octanol–water partition coefficient (Wildman–Crippen LogP) is 4.07. The molecule has 2 saturated heterocycles. The van der Waals surface area contributed by atoms with Gasteiger partial charge in [0.25, 0.3) is 0 Å². The summed E-state index contributed by atoms with van der Waals surface area (Å²) in [5, 5.41) is 8.98. The number of carbonyl (C=O) groups excluding carboxylic acids is 1. The molecule has 3 aromatic rings. The third-order valence-electron chi connectivity index (χ3n) is 7.52. The van der Waals surface area contributed by atoms with Crippen molar-refractivity contribution in [3.63, 3.8) is 0 Å². The lowest BCUT2D eigenvalue weighted by Gasteiger charge is -2.26. The van der Waals surface area contributed by atoms with Crippen LogP contribution in [-0.4, -0.2) is 61.2 Å². The molecule has 3 aliphatic rings. The Morgan fingerprint density at radius 2 is 2.03 bits per heavy atom. The summed E-state index contributed by atoms with van der Waals surface area (Å²) < 4.78 is 5.45. The Bertz CT molecular complexity index is 1260. The average molecular weight is 469 g/mol. The molecule has 4 heterocycles. The summed E-state index contributed by atoms with van der Waals surface area (Å²) in [6, 6.07) is 15.3. The summed E-state index contributed by atoms with van der Waals surface area (Å²) in [6.07, 6.45) is 9.21. The molecular formula is C29H32N4O2. The van der Waals surface area contributed by atoms with Gasteiger partial charge in [0.2, 0.25) is 5.91 Å². The van der Waals surface area contributed by atoms with Gasteiger partial charge in [0.1, 0.15) is 0 Å². The number of hydrogen-bond acceptors (Lipinski definition) is 5. The van der Waals surface area contributed by atoms with Gasteiger partial charge in [-0.3, -0.25) is 14.7 Å². The predicted molar refractivity (Wildman–Crippen MR) is 140 cm³/mol. The van der Waals surface area contributed by atoms with Crippen molar-refractivity contribution >= 4 is 34.5 Å². The summed E-state index contributed by atoms with van der Waals surface area (Å²) in [5.41, 5.74) is 5.65. The largest absolute Gasteiger partial charge is 0.380 e. The van der Waals surface area contributed by atoms with Crippen molar-refractivity contribution in [1.29, 1.82) is 0 Å². The lowest BCUT2D eigenvalue weighted by molar-refractivity contribution is -0.122. The summed E-state index contributed by atoms with van der Waals surface area (Å²) in [7, 11) is 0. The number of morpholine rings is 1. The van der Waals surface area contributed by atoms with Crippen LogP contribution in [0.2, 0.25) is 0 Å². The van der Waals surface area contributed by atoms with Crippen molar-refractivity contribution in [1.82, 2.24) is 15.2 Å². The summed E-state index contributed by atoms with van der Waals surface area (Å²) in [6.45, 7) is 5.57. The second kappa shape index (κ2) is 9.80. The van der Waals surface area contributed by atoms with Crippen molar-refractivity contribution in [3.8, 4) is 0 Å². The number of amides is 1. The first-order chi connectivity index (χ1) is 17.2. The first kappa shape index (κ1) is 22.3. The average Bonchev–Trinajstić information content (AvgIpc) is 3.18. The molecule has 35 heavy (non-hydrogen) atoms. The lowest BCUT2D eigenvalue weighted by atomic mass is 9.91. The fourth-order valence-electron chi connectivity index (χ4n) is 5.60. The van der Waals surface area contributed by atoms with E-state index in [4.69, 9.17) is 4.74 Å². The van der Waals surface area contributed by atoms with E-state index in [-0.39, 0.29) is 17.9 Å². The maximum atomic E-state index is 12.7. The number of benzene rings is 2. The van der Waals surface area contributed by atoms with Gasteiger partial charge in [0, 0.05) is 54.9 Å². The van der Waals surface area contributed by atoms with E-state index < -0.39 is 0 Å². The summed E-state index contributed by atoms with van der Waals surface area (Å²) in [4.78, 5) is 19.8. The highest BCUT2D eigenvalue weighted by Crippen LogP contribution is 2.43. The van der Waals surface area contributed by atoms with Crippen LogP contribution >= 0.6 is 0 Å². The van der Waals surface area contributed by atoms with Crippen LogP contribution in [0, 0.1) is 0 Å². The zero-order chi connectivity index (χ0) is 23.6. The maximum Gasteiger partial charge on any atom is 0.229 e. The van der Waals surface area contributed by atoms with Crippen LogP contribution in [0.4, 0.5) is 5.69 Å². The fraction of sp³-hybridized carbons (Fsp3) is 0.379. The number of anilines is 1. The third kappa shape index (κ3) is 4.68. The van der Waals surface area contributed by atoms with Crippen molar-refractivity contribution < 1.29 is 9.53 Å². The van der Waals surface area contributed by atoms with Crippen LogP contribution in [0.1, 0.15) is 41.1 Å². The zero-order valence-electron chi connectivity index (χ0n) is 20.0. The molecule has 6 nitrogen and oxygen atoms in total. The first-order valence-corrected chi connectivity index (χ1v) is 12.8. The van der Waals surface area contributed by atoms with E-state index in [1.807, 2.05) is 6.20 Å². The quantitative estimate of drug-likeness (QED) is 0.591. The van der Waals surface area contributed by atoms with Gasteiger partial charge in [-0.05, 0) is 48.1 Å². The van der Waals surface area contributed by atoms with Gasteiger partial charge in [-0.2, -0.15) is 0 Å². The third-order valence-corrected chi connectivity index (χ3v) is 7.52. The molecule has 0 saturated carbocycles. The molecule has 6 heteroatoms. The smallest absolute Gasteiger partial charge is 0.229 e. The van der Waals surface area contributed by atoms with Crippen LogP contribution in [0.5, 0.6) is 0 Å². The number of nitrogens with one attached hydrogen (secondary N) is 2. The molecule has 0 aliphatic carbocycles. The van der Waals surface area contributed by atoms with Crippen molar-refractivity contribution in [2.45, 2.75) is 31.2 Å². The minimum atomic E-state index is -0.107. The molecule has 2 unspecified atom stereocenters. The molecule has 180 valence electrons. The molecule has 0 radical (unpaired) electrons. The Kier molecular flexibility index (Phi) is 6.23. The number of rotatable bonds is 5. The monoisotopic (exact) mass is 468 g/mol. The first-order valence-electron chi connectivity index (χ1n) is 12.8. The van der Waals surface area contributed by atoms with Crippen molar-refractivity contribution in [2.24, 2.45) is 0 Å². The van der Waals surface area contributed by atoms with E-state index in [9.17, 15) is 4.79 Å². The van der Waals surface area contributed by atoms with E-state index in [1.165, 1.54) is 11.1 Å². The van der Waals surface area contributed by atoms with Crippen LogP contribution in [-0.2, 0) is 16.0 Å². The topological polar surface area (TPSA) is 66.5 Å². The van der Waals surface area contributed by atoms with Crippen LogP contribution in [0.3, 0.4) is 0 Å². The van der Waals surface area contributed by atoms with Gasteiger partial charge in [-0.15, -0.1) is 0 Å². The molecule has 2 atom stereocenters. The molecule has 1 amide bonds. The normalized spacial score (nSPS) is 22.5. The highest BCUT2D eigenvalue weighted by atomic mass is 16.5. The molecule has 2 fully saturated rings. The van der Waals surface area contributed by atoms with Crippen LogP contribution in [0.15, 0.2) is 48.7 Å². The number of nitrogens with zero attached hydrogens (tertiary/aromatic N) is 2. The Balaban J connectivity index is 1.22. The second-order valence-corrected chi connectivity index (χ2v) is 9.80. The molecule has 2 aromatic carbocycles. The molecule has 0 spiro atoms. The summed E-state index contributed by atoms with van der Waals surface area (Å²) in [5.74, 6) is 0.0324. The van der Waals surface area contributed by atoms with Crippen molar-refractivity contribution in [3.05, 3.63) is 71.0 Å². The molecule has 2 N–H and O–H groups in total. The number of fused-ring (bicyclic) bond motifs is 5. The number of pyridine rings is 1. The number of hydrogen-bond donors (Lipinski definition) is 2. The molecule has 0 bridgehead atoms. The van der Waals surface area contributed by atoms with Gasteiger partial charge in [-0.25, -0.2) is 0 Å². The molecular weight excluding hydrogens is 436 g/mol. The fourth-order valence-corrected chi connectivity index (χ4v) is 5.60. The van der Waals surface area contributed by atoms with E-state index in [0.717, 1.165) is 86.4 Å². The van der Waals surface area contributed by atoms with Gasteiger partial charge >= 0.3 is 0 Å². The van der Waals surface area contributed by atoms with Crippen molar-refractivity contribution in [2.75, 3.05) is 44.7 Å². The SMILES string of the molecule is O=C1NCCCC2Nc3c(ccc4cnc(/C=C/c5cccc(CCN6CCOCC6)c5)cc34)C12. The standard InChI is InChI=1S/C29H32N4O2/c34-29-27-24-9-7-22-19-31-23(18-25(22)28(24)32-26(27)5-2-11-30-29)8-6-20-3-1-4-21(17-20)10-12-33-13-15-35-16-14-33/h1,3-4,6-9,17-19,26-27,32H,2,5,10-16H2,(H,30,34)/b8-6+. The highest BCUT2D eigenvalue weighted by Gasteiger charge is 2.39. The maximum absolute atomic E-state index is 12.7. The number of aromatic nitrogens is 1. The van der Waals surface area contributed by atoms with Gasteiger partial charge in [0.05, 0.1) is 24.8 Å². The Morgan fingerprint density at radius 3 is 2.94 bits per heavy atom. The Labute approximate surface area is 206 Å². The lowest BCUT2D eigenvalue weighted by Crippen LogP contribution is -2.37. The zero-order valence-corrected chi connectivity index (χ0v) is 20.0. The van der Waals surface area contributed by atoms with E-state index in [0.29, 0.717) is 0 Å². The minimum absolute atomic E-state index is 0.107. The highest BCUT2D eigenvalue weighted by molar-refractivity contribution is 6.01.